The average molecular weight is 258 g/mol. The van der Waals surface area contributed by atoms with E-state index in [9.17, 15) is 0 Å². The summed E-state index contributed by atoms with van der Waals surface area (Å²) in [5.41, 5.74) is 0.741. The van der Waals surface area contributed by atoms with Gasteiger partial charge >= 0.3 is 0 Å². The van der Waals surface area contributed by atoms with E-state index in [1.165, 1.54) is 0 Å². The predicted molar refractivity (Wildman–Crippen MR) is 71.6 cm³/mol. The molecular formula is C14H18N4O. The van der Waals surface area contributed by atoms with E-state index in [0.717, 1.165) is 43.9 Å². The van der Waals surface area contributed by atoms with Crippen LogP contribution in [0, 0.1) is 0 Å². The van der Waals surface area contributed by atoms with Crippen molar-refractivity contribution in [3.05, 3.63) is 30.3 Å². The summed E-state index contributed by atoms with van der Waals surface area (Å²) in [7, 11) is 0. The van der Waals surface area contributed by atoms with Gasteiger partial charge in [-0.3, -0.25) is 4.98 Å². The zero-order valence-corrected chi connectivity index (χ0v) is 11.1. The fourth-order valence-electron chi connectivity index (χ4n) is 2.64. The van der Waals surface area contributed by atoms with Crippen molar-refractivity contribution >= 4 is 0 Å². The van der Waals surface area contributed by atoms with Crippen LogP contribution >= 0.6 is 0 Å². The minimum Gasteiger partial charge on any atom is -0.338 e. The molecule has 100 valence electrons. The maximum Gasteiger partial charge on any atom is 0.234 e. The molecule has 5 nitrogen and oxygen atoms in total. The molecule has 0 aromatic carbocycles. The lowest BCUT2D eigenvalue weighted by molar-refractivity contribution is 0.221. The standard InChI is InChI=1S/C14H18N4O/c1-2-14(7-5-8-15-10-14)13-17-12(18-19-13)11-6-3-4-9-16-11/h3-4,6,9,15H,2,5,7-8,10H2,1H3. The zero-order valence-electron chi connectivity index (χ0n) is 11.1. The monoisotopic (exact) mass is 258 g/mol. The van der Waals surface area contributed by atoms with E-state index in [-0.39, 0.29) is 5.41 Å². The largest absolute Gasteiger partial charge is 0.338 e. The van der Waals surface area contributed by atoms with E-state index in [0.29, 0.717) is 5.82 Å². The Hall–Kier alpha value is -1.75. The third-order valence-corrected chi connectivity index (χ3v) is 3.92. The molecular weight excluding hydrogens is 240 g/mol. The number of pyridine rings is 1. The molecule has 1 unspecified atom stereocenters. The van der Waals surface area contributed by atoms with Crippen LogP contribution in [0.25, 0.3) is 11.5 Å². The highest BCUT2D eigenvalue weighted by Crippen LogP contribution is 2.34. The first kappa shape index (κ1) is 12.3. The van der Waals surface area contributed by atoms with Crippen molar-refractivity contribution in [2.45, 2.75) is 31.6 Å². The molecule has 0 saturated carbocycles. The van der Waals surface area contributed by atoms with Gasteiger partial charge in [-0.15, -0.1) is 0 Å². The molecule has 19 heavy (non-hydrogen) atoms. The van der Waals surface area contributed by atoms with Crippen LogP contribution < -0.4 is 5.32 Å². The Morgan fingerprint density at radius 2 is 2.37 bits per heavy atom. The molecule has 3 heterocycles. The van der Waals surface area contributed by atoms with Gasteiger partial charge in [0.2, 0.25) is 11.7 Å². The molecule has 2 aromatic rings. The number of rotatable bonds is 3. The number of piperidine rings is 1. The molecule has 3 rings (SSSR count). The maximum atomic E-state index is 5.51. The van der Waals surface area contributed by atoms with Crippen LogP contribution in [0.15, 0.2) is 28.9 Å². The second-order valence-electron chi connectivity index (χ2n) is 5.05. The molecule has 2 aromatic heterocycles. The molecule has 0 bridgehead atoms. The van der Waals surface area contributed by atoms with Crippen LogP contribution in [-0.4, -0.2) is 28.2 Å². The minimum absolute atomic E-state index is 0.0156. The number of nitrogens with zero attached hydrogens (tertiary/aromatic N) is 3. The quantitative estimate of drug-likeness (QED) is 0.914. The lowest BCUT2D eigenvalue weighted by Gasteiger charge is -2.33. The van der Waals surface area contributed by atoms with Gasteiger partial charge in [0.1, 0.15) is 5.69 Å². The summed E-state index contributed by atoms with van der Waals surface area (Å²) in [6.07, 6.45) is 4.99. The Morgan fingerprint density at radius 1 is 1.42 bits per heavy atom. The van der Waals surface area contributed by atoms with Crippen molar-refractivity contribution in [2.24, 2.45) is 0 Å². The van der Waals surface area contributed by atoms with Crippen molar-refractivity contribution in [1.29, 1.82) is 0 Å². The van der Waals surface area contributed by atoms with Gasteiger partial charge < -0.3 is 9.84 Å². The SMILES string of the molecule is CCC1(c2nc(-c3ccccn3)no2)CCCNC1. The fourth-order valence-corrected chi connectivity index (χ4v) is 2.64. The van der Waals surface area contributed by atoms with E-state index in [1.807, 2.05) is 18.2 Å². The minimum atomic E-state index is -0.0156. The normalized spacial score (nSPS) is 23.4. The highest BCUT2D eigenvalue weighted by molar-refractivity contribution is 5.47. The molecule has 1 aliphatic heterocycles. The summed E-state index contributed by atoms with van der Waals surface area (Å²) in [6.45, 7) is 4.16. The van der Waals surface area contributed by atoms with E-state index >= 15 is 0 Å². The highest BCUT2D eigenvalue weighted by atomic mass is 16.5. The summed E-state index contributed by atoms with van der Waals surface area (Å²) >= 11 is 0. The van der Waals surface area contributed by atoms with E-state index in [2.05, 4.69) is 27.4 Å². The molecule has 0 amide bonds. The summed E-state index contributed by atoms with van der Waals surface area (Å²) in [5, 5.41) is 7.51. The molecule has 1 N–H and O–H groups in total. The lowest BCUT2D eigenvalue weighted by Crippen LogP contribution is -2.43. The Balaban J connectivity index is 1.92. The van der Waals surface area contributed by atoms with Crippen molar-refractivity contribution in [3.63, 3.8) is 0 Å². The van der Waals surface area contributed by atoms with Gasteiger partial charge in [0.25, 0.3) is 0 Å². The Kier molecular flexibility index (Phi) is 3.29. The van der Waals surface area contributed by atoms with Crippen LogP contribution in [0.4, 0.5) is 0 Å². The molecule has 1 atom stereocenters. The summed E-state index contributed by atoms with van der Waals surface area (Å²) in [4.78, 5) is 8.82. The first-order valence-corrected chi connectivity index (χ1v) is 6.80. The van der Waals surface area contributed by atoms with Gasteiger partial charge in [-0.05, 0) is 37.9 Å². The van der Waals surface area contributed by atoms with Crippen LogP contribution in [0.5, 0.6) is 0 Å². The third-order valence-electron chi connectivity index (χ3n) is 3.92. The smallest absolute Gasteiger partial charge is 0.234 e. The van der Waals surface area contributed by atoms with Crippen LogP contribution in [0.1, 0.15) is 32.1 Å². The van der Waals surface area contributed by atoms with E-state index in [4.69, 9.17) is 4.52 Å². The summed E-state index contributed by atoms with van der Waals surface area (Å²) in [6, 6.07) is 5.70. The summed E-state index contributed by atoms with van der Waals surface area (Å²) in [5.74, 6) is 1.32. The number of aromatic nitrogens is 3. The molecule has 1 aliphatic rings. The first-order chi connectivity index (χ1) is 9.34. The highest BCUT2D eigenvalue weighted by Gasteiger charge is 2.37. The molecule has 0 radical (unpaired) electrons. The van der Waals surface area contributed by atoms with Gasteiger partial charge in [0.05, 0.1) is 5.41 Å². The lowest BCUT2D eigenvalue weighted by atomic mass is 9.78. The van der Waals surface area contributed by atoms with Crippen LogP contribution in [-0.2, 0) is 5.41 Å². The first-order valence-electron chi connectivity index (χ1n) is 6.80. The average Bonchev–Trinajstić information content (AvgIpc) is 2.99. The molecule has 1 fully saturated rings. The van der Waals surface area contributed by atoms with Gasteiger partial charge in [-0.2, -0.15) is 4.98 Å². The van der Waals surface area contributed by atoms with Gasteiger partial charge in [0.15, 0.2) is 0 Å². The molecule has 5 heteroatoms. The van der Waals surface area contributed by atoms with Crippen molar-refractivity contribution in [2.75, 3.05) is 13.1 Å². The Bertz CT molecular complexity index is 531. The number of hydrogen-bond donors (Lipinski definition) is 1. The van der Waals surface area contributed by atoms with Crippen LogP contribution in [0.2, 0.25) is 0 Å². The van der Waals surface area contributed by atoms with E-state index in [1.54, 1.807) is 6.20 Å². The third kappa shape index (κ3) is 2.26. The van der Waals surface area contributed by atoms with Gasteiger partial charge in [-0.25, -0.2) is 0 Å². The second-order valence-corrected chi connectivity index (χ2v) is 5.05. The zero-order chi connectivity index (χ0) is 13.1. The Labute approximate surface area is 112 Å². The van der Waals surface area contributed by atoms with Gasteiger partial charge in [-0.1, -0.05) is 18.1 Å². The fraction of sp³-hybridized carbons (Fsp3) is 0.500. The maximum absolute atomic E-state index is 5.51. The topological polar surface area (TPSA) is 63.8 Å². The second kappa shape index (κ2) is 5.09. The number of hydrogen-bond acceptors (Lipinski definition) is 5. The van der Waals surface area contributed by atoms with Gasteiger partial charge in [0, 0.05) is 12.7 Å². The summed E-state index contributed by atoms with van der Waals surface area (Å²) < 4.78 is 5.51. The molecule has 1 saturated heterocycles. The predicted octanol–water partition coefficient (Wildman–Crippen LogP) is 2.16. The van der Waals surface area contributed by atoms with Crippen molar-refractivity contribution < 1.29 is 4.52 Å². The molecule has 0 aliphatic carbocycles. The van der Waals surface area contributed by atoms with Crippen LogP contribution in [0.3, 0.4) is 0 Å². The molecule has 0 spiro atoms. The van der Waals surface area contributed by atoms with E-state index < -0.39 is 0 Å². The van der Waals surface area contributed by atoms with Crippen molar-refractivity contribution in [3.8, 4) is 11.5 Å². The number of nitrogens with one attached hydrogen (secondary N) is 1. The van der Waals surface area contributed by atoms with Crippen molar-refractivity contribution in [1.82, 2.24) is 20.4 Å². The Morgan fingerprint density at radius 3 is 3.05 bits per heavy atom.